The Kier molecular flexibility index (Phi) is 3.50. The second-order valence-electron chi connectivity index (χ2n) is 4.05. The van der Waals surface area contributed by atoms with Gasteiger partial charge in [-0.2, -0.15) is 0 Å². The zero-order valence-electron chi connectivity index (χ0n) is 9.12. The summed E-state index contributed by atoms with van der Waals surface area (Å²) in [6.45, 7) is 7.68. The highest BCUT2D eigenvalue weighted by Gasteiger charge is 2.41. The van der Waals surface area contributed by atoms with Crippen molar-refractivity contribution in [2.45, 2.75) is 38.8 Å². The number of nitrogens with zero attached hydrogens (tertiary/aromatic N) is 1. The maximum atomic E-state index is 11.2. The van der Waals surface area contributed by atoms with Crippen molar-refractivity contribution in [3.63, 3.8) is 0 Å². The van der Waals surface area contributed by atoms with E-state index in [0.717, 1.165) is 0 Å². The molecule has 1 saturated heterocycles. The van der Waals surface area contributed by atoms with Gasteiger partial charge in [-0.25, -0.2) is 0 Å². The van der Waals surface area contributed by atoms with Crippen molar-refractivity contribution in [1.82, 2.24) is 4.90 Å². The van der Waals surface area contributed by atoms with Crippen LogP contribution in [0.25, 0.3) is 0 Å². The number of ether oxygens (including phenoxy) is 1. The van der Waals surface area contributed by atoms with Gasteiger partial charge in [-0.15, -0.1) is 0 Å². The molecule has 14 heavy (non-hydrogen) atoms. The zero-order valence-corrected chi connectivity index (χ0v) is 9.12. The van der Waals surface area contributed by atoms with E-state index in [9.17, 15) is 9.90 Å². The summed E-state index contributed by atoms with van der Waals surface area (Å²) in [6.07, 6.45) is 0.618. The van der Waals surface area contributed by atoms with Crippen LogP contribution in [0.15, 0.2) is 0 Å². The molecule has 1 N–H and O–H groups in total. The van der Waals surface area contributed by atoms with Crippen molar-refractivity contribution < 1.29 is 14.6 Å². The molecular weight excluding hydrogens is 182 g/mol. The Morgan fingerprint density at radius 3 is 2.79 bits per heavy atom. The summed E-state index contributed by atoms with van der Waals surface area (Å²) in [4.78, 5) is 13.2. The molecule has 1 aliphatic rings. The van der Waals surface area contributed by atoms with Crippen molar-refractivity contribution in [2.24, 2.45) is 0 Å². The van der Waals surface area contributed by atoms with Crippen LogP contribution < -0.4 is 0 Å². The van der Waals surface area contributed by atoms with Crippen molar-refractivity contribution in [3.8, 4) is 0 Å². The molecule has 0 aromatic heterocycles. The lowest BCUT2D eigenvalue weighted by molar-refractivity contribution is -0.157. The van der Waals surface area contributed by atoms with E-state index in [4.69, 9.17) is 4.74 Å². The average molecular weight is 201 g/mol. The Balaban J connectivity index is 2.81. The Morgan fingerprint density at radius 1 is 1.71 bits per heavy atom. The van der Waals surface area contributed by atoms with Gasteiger partial charge in [0, 0.05) is 12.6 Å². The first-order chi connectivity index (χ1) is 6.52. The van der Waals surface area contributed by atoms with E-state index < -0.39 is 11.5 Å². The van der Waals surface area contributed by atoms with Crippen LogP contribution >= 0.6 is 0 Å². The van der Waals surface area contributed by atoms with Gasteiger partial charge in [-0.05, 0) is 20.3 Å². The van der Waals surface area contributed by atoms with Crippen LogP contribution in [0.5, 0.6) is 0 Å². The maximum absolute atomic E-state index is 11.2. The summed E-state index contributed by atoms with van der Waals surface area (Å²) in [5.74, 6) is -0.742. The maximum Gasteiger partial charge on any atom is 0.323 e. The smallest absolute Gasteiger partial charge is 0.323 e. The normalized spacial score (nSPS) is 28.4. The Bertz CT molecular complexity index is 219. The highest BCUT2D eigenvalue weighted by molar-refractivity contribution is 5.78. The van der Waals surface area contributed by atoms with Crippen molar-refractivity contribution in [1.29, 1.82) is 0 Å². The fourth-order valence-corrected chi connectivity index (χ4v) is 1.94. The second kappa shape index (κ2) is 4.28. The molecule has 0 aromatic carbocycles. The van der Waals surface area contributed by atoms with Crippen LogP contribution in [0.2, 0.25) is 0 Å². The van der Waals surface area contributed by atoms with Gasteiger partial charge in [0.05, 0.1) is 13.2 Å². The number of aliphatic carboxylic acids is 1. The lowest BCUT2D eigenvalue weighted by Crippen LogP contribution is -2.59. The lowest BCUT2D eigenvalue weighted by atomic mass is 9.94. The third kappa shape index (κ3) is 1.91. The van der Waals surface area contributed by atoms with Gasteiger partial charge in [0.15, 0.2) is 0 Å². The summed E-state index contributed by atoms with van der Waals surface area (Å²) < 4.78 is 5.30. The monoisotopic (exact) mass is 201 g/mol. The Hall–Kier alpha value is -0.610. The largest absolute Gasteiger partial charge is 0.480 e. The third-order valence-electron chi connectivity index (χ3n) is 3.15. The topological polar surface area (TPSA) is 49.8 Å². The van der Waals surface area contributed by atoms with Gasteiger partial charge < -0.3 is 9.84 Å². The predicted octanol–water partition coefficient (Wildman–Crippen LogP) is 0.960. The van der Waals surface area contributed by atoms with Gasteiger partial charge in [-0.3, -0.25) is 9.69 Å². The molecule has 0 saturated carbocycles. The zero-order chi connectivity index (χ0) is 10.8. The molecule has 1 aliphatic heterocycles. The quantitative estimate of drug-likeness (QED) is 0.739. The summed E-state index contributed by atoms with van der Waals surface area (Å²) >= 11 is 0. The molecule has 1 heterocycles. The number of morpholine rings is 1. The van der Waals surface area contributed by atoms with E-state index in [-0.39, 0.29) is 6.04 Å². The van der Waals surface area contributed by atoms with Crippen LogP contribution in [0.1, 0.15) is 27.2 Å². The summed E-state index contributed by atoms with van der Waals surface area (Å²) in [6, 6.07) is 0.185. The molecule has 1 rings (SSSR count). The fraction of sp³-hybridized carbons (Fsp3) is 0.900. The Labute approximate surface area is 84.8 Å². The number of hydrogen-bond acceptors (Lipinski definition) is 3. The molecular formula is C10H19NO3. The highest BCUT2D eigenvalue weighted by atomic mass is 16.5. The minimum Gasteiger partial charge on any atom is -0.480 e. The van der Waals surface area contributed by atoms with Gasteiger partial charge in [0.2, 0.25) is 0 Å². The molecule has 0 aromatic rings. The number of carboxylic acids is 1. The average Bonchev–Trinajstić information content (AvgIpc) is 2.17. The highest BCUT2D eigenvalue weighted by Crippen LogP contribution is 2.24. The predicted molar refractivity (Wildman–Crippen MR) is 53.3 cm³/mol. The molecule has 2 atom stereocenters. The van der Waals surface area contributed by atoms with Crippen molar-refractivity contribution >= 4 is 5.97 Å². The van der Waals surface area contributed by atoms with Gasteiger partial charge >= 0.3 is 5.97 Å². The van der Waals surface area contributed by atoms with E-state index in [1.807, 2.05) is 18.7 Å². The molecule has 0 aliphatic carbocycles. The van der Waals surface area contributed by atoms with E-state index in [1.54, 1.807) is 6.92 Å². The van der Waals surface area contributed by atoms with E-state index >= 15 is 0 Å². The van der Waals surface area contributed by atoms with E-state index in [2.05, 4.69) is 0 Å². The first-order valence-electron chi connectivity index (χ1n) is 5.10. The standard InChI is InChI=1S/C10H19NO3/c1-4-10(3,9(12)13)11-5-6-14-7-8(11)2/h8H,4-7H2,1-3H3,(H,12,13). The van der Waals surface area contributed by atoms with E-state index in [1.165, 1.54) is 0 Å². The van der Waals surface area contributed by atoms with Gasteiger partial charge in [0.1, 0.15) is 5.54 Å². The first kappa shape index (κ1) is 11.5. The first-order valence-corrected chi connectivity index (χ1v) is 5.10. The number of carboxylic acid groups (broad SMARTS) is 1. The van der Waals surface area contributed by atoms with Crippen LogP contribution in [0, 0.1) is 0 Å². The second-order valence-corrected chi connectivity index (χ2v) is 4.05. The minimum absolute atomic E-state index is 0.185. The van der Waals surface area contributed by atoms with Gasteiger partial charge in [0.25, 0.3) is 0 Å². The molecule has 82 valence electrons. The third-order valence-corrected chi connectivity index (χ3v) is 3.15. The molecule has 2 unspecified atom stereocenters. The Morgan fingerprint density at radius 2 is 2.36 bits per heavy atom. The molecule has 4 heteroatoms. The van der Waals surface area contributed by atoms with Crippen molar-refractivity contribution in [3.05, 3.63) is 0 Å². The molecule has 4 nitrogen and oxygen atoms in total. The van der Waals surface area contributed by atoms with Crippen LogP contribution in [-0.2, 0) is 9.53 Å². The molecule has 0 radical (unpaired) electrons. The van der Waals surface area contributed by atoms with Crippen LogP contribution in [0.3, 0.4) is 0 Å². The van der Waals surface area contributed by atoms with Gasteiger partial charge in [-0.1, -0.05) is 6.92 Å². The summed E-state index contributed by atoms with van der Waals surface area (Å²) in [5.41, 5.74) is -0.747. The molecule has 0 bridgehead atoms. The fourth-order valence-electron chi connectivity index (χ4n) is 1.94. The summed E-state index contributed by atoms with van der Waals surface area (Å²) in [5, 5.41) is 9.22. The van der Waals surface area contributed by atoms with Crippen LogP contribution in [0.4, 0.5) is 0 Å². The number of hydrogen-bond donors (Lipinski definition) is 1. The van der Waals surface area contributed by atoms with Crippen LogP contribution in [-0.4, -0.2) is 47.3 Å². The lowest BCUT2D eigenvalue weighted by Gasteiger charge is -2.43. The number of carbonyl (C=O) groups is 1. The molecule has 0 spiro atoms. The molecule has 1 fully saturated rings. The minimum atomic E-state index is -0.747. The molecule has 0 amide bonds. The SMILES string of the molecule is CCC(C)(C(=O)O)N1CCOCC1C. The van der Waals surface area contributed by atoms with E-state index in [0.29, 0.717) is 26.2 Å². The number of rotatable bonds is 3. The summed E-state index contributed by atoms with van der Waals surface area (Å²) in [7, 11) is 0. The van der Waals surface area contributed by atoms with Crippen molar-refractivity contribution in [2.75, 3.05) is 19.8 Å².